The number of methoxy groups -OCH3 is 1. The van der Waals surface area contributed by atoms with Gasteiger partial charge in [-0.2, -0.15) is 0 Å². The summed E-state index contributed by atoms with van der Waals surface area (Å²) in [7, 11) is 3.46. The molecule has 0 spiro atoms. The van der Waals surface area contributed by atoms with Crippen LogP contribution in [0.3, 0.4) is 0 Å². The zero-order valence-electron chi connectivity index (χ0n) is 11.8. The summed E-state index contributed by atoms with van der Waals surface area (Å²) in [5.74, 6) is 2.13. The van der Waals surface area contributed by atoms with Crippen molar-refractivity contribution in [1.82, 2.24) is 14.9 Å². The molecule has 0 atom stereocenters. The number of hydrogen-bond acceptors (Lipinski definition) is 6. The van der Waals surface area contributed by atoms with Gasteiger partial charge in [0.1, 0.15) is 6.33 Å². The largest absolute Gasteiger partial charge is 0.490 e. The molecule has 0 unspecified atom stereocenters. The van der Waals surface area contributed by atoms with E-state index in [2.05, 4.69) is 25.5 Å². The molecular formula is C13H23N5O. The summed E-state index contributed by atoms with van der Waals surface area (Å²) in [5, 5.41) is 6.33. The van der Waals surface area contributed by atoms with Gasteiger partial charge < -0.3 is 20.3 Å². The summed E-state index contributed by atoms with van der Waals surface area (Å²) < 4.78 is 5.35. The fourth-order valence-electron chi connectivity index (χ4n) is 2.39. The lowest BCUT2D eigenvalue weighted by atomic mass is 10.1. The maximum Gasteiger partial charge on any atom is 0.204 e. The molecule has 1 fully saturated rings. The van der Waals surface area contributed by atoms with E-state index in [0.717, 1.165) is 18.9 Å². The number of aromatic nitrogens is 2. The van der Waals surface area contributed by atoms with Gasteiger partial charge in [-0.25, -0.2) is 9.97 Å². The highest BCUT2D eigenvalue weighted by Gasteiger charge is 2.12. The second-order valence-electron chi connectivity index (χ2n) is 4.68. The van der Waals surface area contributed by atoms with E-state index in [1.54, 1.807) is 7.11 Å². The second-order valence-corrected chi connectivity index (χ2v) is 4.68. The molecule has 1 aromatic rings. The van der Waals surface area contributed by atoms with Gasteiger partial charge in [-0.1, -0.05) is 6.42 Å². The van der Waals surface area contributed by atoms with Gasteiger partial charge >= 0.3 is 0 Å². The first kappa shape index (κ1) is 13.9. The van der Waals surface area contributed by atoms with Crippen LogP contribution >= 0.6 is 0 Å². The van der Waals surface area contributed by atoms with E-state index in [9.17, 15) is 0 Å². The molecule has 1 aromatic heterocycles. The van der Waals surface area contributed by atoms with Crippen LogP contribution in [-0.2, 0) is 0 Å². The Balaban J connectivity index is 1.88. The van der Waals surface area contributed by atoms with Gasteiger partial charge in [-0.05, 0) is 25.9 Å². The molecular weight excluding hydrogens is 242 g/mol. The van der Waals surface area contributed by atoms with Crippen molar-refractivity contribution in [2.75, 3.05) is 51.0 Å². The first-order valence-electron chi connectivity index (χ1n) is 6.88. The molecule has 0 aromatic carbocycles. The Labute approximate surface area is 114 Å². The highest BCUT2D eigenvalue weighted by atomic mass is 16.5. The predicted octanol–water partition coefficient (Wildman–Crippen LogP) is 1.42. The zero-order chi connectivity index (χ0) is 13.5. The van der Waals surface area contributed by atoms with Gasteiger partial charge in [-0.15, -0.1) is 0 Å². The third-order valence-corrected chi connectivity index (χ3v) is 3.41. The van der Waals surface area contributed by atoms with E-state index < -0.39 is 0 Å². The Hall–Kier alpha value is -1.56. The van der Waals surface area contributed by atoms with Crippen molar-refractivity contribution in [3.63, 3.8) is 0 Å². The van der Waals surface area contributed by atoms with E-state index in [0.29, 0.717) is 11.6 Å². The summed E-state index contributed by atoms with van der Waals surface area (Å²) in [4.78, 5) is 10.9. The van der Waals surface area contributed by atoms with Crippen molar-refractivity contribution in [1.29, 1.82) is 0 Å². The minimum atomic E-state index is 0.670. The van der Waals surface area contributed by atoms with Crippen molar-refractivity contribution in [3.8, 4) is 5.75 Å². The molecule has 106 valence electrons. The second kappa shape index (κ2) is 7.13. The predicted molar refractivity (Wildman–Crippen MR) is 76.9 cm³/mol. The summed E-state index contributed by atoms with van der Waals surface area (Å²) in [6.07, 6.45) is 5.55. The molecule has 0 aliphatic carbocycles. The van der Waals surface area contributed by atoms with E-state index in [1.165, 1.54) is 38.7 Å². The number of hydrogen-bond donors (Lipinski definition) is 2. The average molecular weight is 265 g/mol. The monoisotopic (exact) mass is 265 g/mol. The normalized spacial score (nSPS) is 16.1. The smallest absolute Gasteiger partial charge is 0.204 e. The molecule has 0 saturated carbocycles. The number of nitrogens with zero attached hydrogens (tertiary/aromatic N) is 3. The van der Waals surface area contributed by atoms with Gasteiger partial charge in [0, 0.05) is 20.1 Å². The minimum absolute atomic E-state index is 0.670. The van der Waals surface area contributed by atoms with E-state index in [-0.39, 0.29) is 0 Å². The molecule has 0 bridgehead atoms. The van der Waals surface area contributed by atoms with Gasteiger partial charge in [0.05, 0.1) is 7.11 Å². The molecule has 19 heavy (non-hydrogen) atoms. The van der Waals surface area contributed by atoms with Crippen molar-refractivity contribution >= 4 is 11.6 Å². The van der Waals surface area contributed by atoms with Crippen LogP contribution < -0.4 is 15.4 Å². The van der Waals surface area contributed by atoms with Crippen LogP contribution in [0.4, 0.5) is 11.6 Å². The van der Waals surface area contributed by atoms with E-state index >= 15 is 0 Å². The third kappa shape index (κ3) is 3.70. The molecule has 2 N–H and O–H groups in total. The Kier molecular flexibility index (Phi) is 5.20. The van der Waals surface area contributed by atoms with Crippen molar-refractivity contribution in [3.05, 3.63) is 6.33 Å². The summed E-state index contributed by atoms with van der Waals surface area (Å²) in [6.45, 7) is 4.34. The topological polar surface area (TPSA) is 62.3 Å². The molecule has 1 aliphatic rings. The van der Waals surface area contributed by atoms with Crippen LogP contribution in [0, 0.1) is 0 Å². The third-order valence-electron chi connectivity index (χ3n) is 3.41. The molecule has 6 heteroatoms. The Morgan fingerprint density at radius 2 is 1.95 bits per heavy atom. The van der Waals surface area contributed by atoms with E-state index in [1.807, 2.05) is 7.05 Å². The SMILES string of the molecule is CNc1ncnc(NCCN2CCCCC2)c1OC. The van der Waals surface area contributed by atoms with Crippen LogP contribution in [0.1, 0.15) is 19.3 Å². The first-order valence-corrected chi connectivity index (χ1v) is 6.88. The molecule has 6 nitrogen and oxygen atoms in total. The standard InChI is InChI=1S/C13H23N5O/c1-14-12-11(19-2)13(17-10-16-12)15-6-9-18-7-4-3-5-8-18/h10H,3-9H2,1-2H3,(H2,14,15,16,17). The number of ether oxygens (including phenoxy) is 1. The lowest BCUT2D eigenvalue weighted by molar-refractivity contribution is 0.237. The zero-order valence-corrected chi connectivity index (χ0v) is 11.8. The van der Waals surface area contributed by atoms with Crippen LogP contribution in [0.2, 0.25) is 0 Å². The molecule has 1 aliphatic heterocycles. The Morgan fingerprint density at radius 1 is 1.21 bits per heavy atom. The summed E-state index contributed by atoms with van der Waals surface area (Å²) in [5.41, 5.74) is 0. The molecule has 2 rings (SSSR count). The number of rotatable bonds is 6. The minimum Gasteiger partial charge on any atom is -0.490 e. The summed E-state index contributed by atoms with van der Waals surface area (Å²) >= 11 is 0. The highest BCUT2D eigenvalue weighted by Crippen LogP contribution is 2.28. The van der Waals surface area contributed by atoms with Crippen LogP contribution in [0.25, 0.3) is 0 Å². The fraction of sp³-hybridized carbons (Fsp3) is 0.692. The lowest BCUT2D eigenvalue weighted by Crippen LogP contribution is -2.33. The lowest BCUT2D eigenvalue weighted by Gasteiger charge is -2.26. The molecule has 1 saturated heterocycles. The highest BCUT2D eigenvalue weighted by molar-refractivity contribution is 5.63. The van der Waals surface area contributed by atoms with Gasteiger partial charge in [-0.3, -0.25) is 0 Å². The number of nitrogens with one attached hydrogen (secondary N) is 2. The van der Waals surface area contributed by atoms with Crippen molar-refractivity contribution < 1.29 is 4.74 Å². The molecule has 2 heterocycles. The number of anilines is 2. The van der Waals surface area contributed by atoms with Crippen LogP contribution in [0.5, 0.6) is 5.75 Å². The van der Waals surface area contributed by atoms with Crippen LogP contribution in [0.15, 0.2) is 6.33 Å². The first-order chi connectivity index (χ1) is 9.35. The Morgan fingerprint density at radius 3 is 2.63 bits per heavy atom. The quantitative estimate of drug-likeness (QED) is 0.811. The number of likely N-dealkylation sites (tertiary alicyclic amines) is 1. The van der Waals surface area contributed by atoms with Gasteiger partial charge in [0.25, 0.3) is 0 Å². The fourth-order valence-corrected chi connectivity index (χ4v) is 2.39. The number of piperidine rings is 1. The van der Waals surface area contributed by atoms with Gasteiger partial charge in [0.15, 0.2) is 11.6 Å². The average Bonchev–Trinajstić information content (AvgIpc) is 2.48. The maximum atomic E-state index is 5.35. The summed E-state index contributed by atoms with van der Waals surface area (Å²) in [6, 6.07) is 0. The van der Waals surface area contributed by atoms with Gasteiger partial charge in [0.2, 0.25) is 5.75 Å². The van der Waals surface area contributed by atoms with E-state index in [4.69, 9.17) is 4.74 Å². The van der Waals surface area contributed by atoms with Crippen molar-refractivity contribution in [2.45, 2.75) is 19.3 Å². The maximum absolute atomic E-state index is 5.35. The Bertz CT molecular complexity index is 393. The molecule has 0 amide bonds. The molecule has 0 radical (unpaired) electrons. The van der Waals surface area contributed by atoms with Crippen molar-refractivity contribution in [2.24, 2.45) is 0 Å². The van der Waals surface area contributed by atoms with Crippen LogP contribution in [-0.4, -0.2) is 55.2 Å².